The maximum absolute atomic E-state index is 6.01. The molecule has 4 rings (SSSR count). The van der Waals surface area contributed by atoms with Gasteiger partial charge in [-0.15, -0.1) is 20.1 Å². The molecule has 2 aromatic rings. The predicted molar refractivity (Wildman–Crippen MR) is 85.6 cm³/mol. The van der Waals surface area contributed by atoms with E-state index in [0.29, 0.717) is 24.3 Å². The van der Waals surface area contributed by atoms with Crippen molar-refractivity contribution >= 4 is 23.1 Å². The van der Waals surface area contributed by atoms with Crippen molar-refractivity contribution in [1.29, 1.82) is 0 Å². The fourth-order valence-electron chi connectivity index (χ4n) is 2.92. The molecule has 22 heavy (non-hydrogen) atoms. The fourth-order valence-corrected chi connectivity index (χ4v) is 3.96. The van der Waals surface area contributed by atoms with Gasteiger partial charge in [-0.25, -0.2) is 0 Å². The monoisotopic (exact) mass is 333 g/mol. The molecular weight excluding hydrogens is 318 g/mol. The molecular formula is C15H15N3O2S2. The summed E-state index contributed by atoms with van der Waals surface area (Å²) < 4.78 is 20.0. The lowest BCUT2D eigenvalue weighted by Crippen LogP contribution is -2.32. The van der Waals surface area contributed by atoms with Gasteiger partial charge in [-0.2, -0.15) is 0 Å². The van der Waals surface area contributed by atoms with Crippen molar-refractivity contribution in [1.82, 2.24) is 13.6 Å². The van der Waals surface area contributed by atoms with E-state index in [0.717, 1.165) is 29.7 Å². The van der Waals surface area contributed by atoms with Crippen LogP contribution < -0.4 is 9.47 Å². The Morgan fingerprint density at radius 1 is 1.32 bits per heavy atom. The summed E-state index contributed by atoms with van der Waals surface area (Å²) in [5.41, 5.74) is 0. The van der Waals surface area contributed by atoms with Gasteiger partial charge in [0.05, 0.1) is 16.6 Å². The van der Waals surface area contributed by atoms with Crippen molar-refractivity contribution in [3.8, 4) is 23.6 Å². The Morgan fingerprint density at radius 3 is 3.05 bits per heavy atom. The molecule has 4 heterocycles. The van der Waals surface area contributed by atoms with E-state index in [2.05, 4.69) is 25.5 Å². The molecule has 2 aliphatic rings. The number of aromatic nitrogens is 2. The lowest BCUT2D eigenvalue weighted by atomic mass is 10.0. The van der Waals surface area contributed by atoms with Crippen LogP contribution in [0.25, 0.3) is 0 Å². The van der Waals surface area contributed by atoms with Gasteiger partial charge in [0.2, 0.25) is 0 Å². The highest BCUT2D eigenvalue weighted by Crippen LogP contribution is 2.33. The molecule has 0 radical (unpaired) electrons. The molecule has 114 valence electrons. The lowest BCUT2D eigenvalue weighted by molar-refractivity contribution is 0.131. The summed E-state index contributed by atoms with van der Waals surface area (Å²) in [6.07, 6.45) is 1.43. The molecule has 7 heteroatoms. The SMILES string of the molecule is C(#Cc1cccs1)COc1nsnc1OC1CN2CCC1C2. The van der Waals surface area contributed by atoms with Gasteiger partial charge in [-0.05, 0) is 24.4 Å². The van der Waals surface area contributed by atoms with Crippen molar-refractivity contribution in [3.63, 3.8) is 0 Å². The number of rotatable bonds is 4. The first-order chi connectivity index (χ1) is 10.9. The molecule has 2 fully saturated rings. The van der Waals surface area contributed by atoms with Crippen LogP contribution in [0, 0.1) is 17.8 Å². The number of nitrogens with zero attached hydrogens (tertiary/aromatic N) is 3. The van der Waals surface area contributed by atoms with Gasteiger partial charge in [0, 0.05) is 19.0 Å². The molecule has 0 spiro atoms. The zero-order valence-corrected chi connectivity index (χ0v) is 13.5. The zero-order chi connectivity index (χ0) is 14.8. The molecule has 0 saturated carbocycles. The third kappa shape index (κ3) is 2.95. The first-order valence-corrected chi connectivity index (χ1v) is 8.86. The van der Waals surface area contributed by atoms with Crippen molar-refractivity contribution in [3.05, 3.63) is 22.4 Å². The molecule has 3 unspecified atom stereocenters. The zero-order valence-electron chi connectivity index (χ0n) is 11.9. The molecule has 2 aromatic heterocycles. The van der Waals surface area contributed by atoms with Crippen molar-refractivity contribution in [2.45, 2.75) is 12.5 Å². The van der Waals surface area contributed by atoms with E-state index in [4.69, 9.17) is 9.47 Å². The second-order valence-corrected chi connectivity index (χ2v) is 6.88. The molecule has 0 N–H and O–H groups in total. The van der Waals surface area contributed by atoms with Crippen molar-refractivity contribution in [2.75, 3.05) is 26.2 Å². The number of thiophene rings is 1. The van der Waals surface area contributed by atoms with Gasteiger partial charge in [0.25, 0.3) is 11.8 Å². The topological polar surface area (TPSA) is 47.5 Å². The van der Waals surface area contributed by atoms with Gasteiger partial charge in [-0.1, -0.05) is 17.9 Å². The van der Waals surface area contributed by atoms with Crippen LogP contribution in [0.5, 0.6) is 11.8 Å². The van der Waals surface area contributed by atoms with Crippen LogP contribution in [0.2, 0.25) is 0 Å². The maximum Gasteiger partial charge on any atom is 0.292 e. The molecule has 3 atom stereocenters. The third-order valence-electron chi connectivity index (χ3n) is 3.98. The van der Waals surface area contributed by atoms with Crippen molar-refractivity contribution < 1.29 is 9.47 Å². The standard InChI is InChI=1S/C15H15N3O2S2/c1(3-12-4-2-8-21-12)7-19-14-15(17-22-16-14)20-13-10-18-6-5-11(13)9-18/h2,4,8,11,13H,5-7,9-10H2. The van der Waals surface area contributed by atoms with Crippen LogP contribution in [0.4, 0.5) is 0 Å². The summed E-state index contributed by atoms with van der Waals surface area (Å²) in [6, 6.07) is 3.97. The minimum atomic E-state index is 0.220. The number of piperidine rings is 1. The number of ether oxygens (including phenoxy) is 2. The summed E-state index contributed by atoms with van der Waals surface area (Å²) in [5.74, 6) is 7.63. The fraction of sp³-hybridized carbons (Fsp3) is 0.467. The van der Waals surface area contributed by atoms with Crippen LogP contribution in [0.3, 0.4) is 0 Å². The Morgan fingerprint density at radius 2 is 2.27 bits per heavy atom. The molecule has 0 aromatic carbocycles. The van der Waals surface area contributed by atoms with E-state index >= 15 is 0 Å². The Bertz CT molecular complexity index is 689. The number of fused-ring (bicyclic) bond motifs is 2. The van der Waals surface area contributed by atoms with Gasteiger partial charge in [0.15, 0.2) is 6.61 Å². The van der Waals surface area contributed by atoms with Gasteiger partial charge in [-0.3, -0.25) is 4.90 Å². The normalized spacial score (nSPS) is 25.7. The van der Waals surface area contributed by atoms with E-state index in [9.17, 15) is 0 Å². The van der Waals surface area contributed by atoms with Gasteiger partial charge in [0.1, 0.15) is 6.10 Å². The summed E-state index contributed by atoms with van der Waals surface area (Å²) in [7, 11) is 0. The average Bonchev–Trinajstić information content (AvgIpc) is 3.30. The second kappa shape index (κ2) is 6.24. The summed E-state index contributed by atoms with van der Waals surface area (Å²) in [4.78, 5) is 3.47. The summed E-state index contributed by atoms with van der Waals surface area (Å²) in [5, 5.41) is 2.01. The molecule has 0 aliphatic carbocycles. The molecule has 2 aliphatic heterocycles. The Hall–Kier alpha value is -1.62. The van der Waals surface area contributed by atoms with E-state index in [1.165, 1.54) is 13.0 Å². The smallest absolute Gasteiger partial charge is 0.292 e. The number of hydrogen-bond donors (Lipinski definition) is 0. The highest BCUT2D eigenvalue weighted by atomic mass is 32.1. The van der Waals surface area contributed by atoms with Gasteiger partial charge < -0.3 is 9.47 Å². The van der Waals surface area contributed by atoms with Crippen molar-refractivity contribution in [2.24, 2.45) is 5.92 Å². The minimum absolute atomic E-state index is 0.220. The van der Waals surface area contributed by atoms with E-state index < -0.39 is 0 Å². The van der Waals surface area contributed by atoms with E-state index in [1.807, 2.05) is 17.5 Å². The quantitative estimate of drug-likeness (QED) is 0.802. The second-order valence-electron chi connectivity index (χ2n) is 5.41. The molecule has 2 saturated heterocycles. The summed E-state index contributed by atoms with van der Waals surface area (Å²) in [6.45, 7) is 3.62. The highest BCUT2D eigenvalue weighted by molar-refractivity contribution is 7.10. The average molecular weight is 333 g/mol. The van der Waals surface area contributed by atoms with E-state index in [-0.39, 0.29) is 6.10 Å². The highest BCUT2D eigenvalue weighted by Gasteiger charge is 2.40. The van der Waals surface area contributed by atoms with E-state index in [1.54, 1.807) is 11.3 Å². The summed E-state index contributed by atoms with van der Waals surface area (Å²) >= 11 is 2.73. The van der Waals surface area contributed by atoms with Crippen LogP contribution in [0.15, 0.2) is 17.5 Å². The Kier molecular flexibility index (Phi) is 3.97. The van der Waals surface area contributed by atoms with Gasteiger partial charge >= 0.3 is 0 Å². The molecule has 0 amide bonds. The van der Waals surface area contributed by atoms with Crippen LogP contribution >= 0.6 is 23.1 Å². The Balaban J connectivity index is 1.34. The number of hydrogen-bond acceptors (Lipinski definition) is 7. The maximum atomic E-state index is 6.01. The van der Waals surface area contributed by atoms with Crippen LogP contribution in [-0.4, -0.2) is 46.0 Å². The lowest BCUT2D eigenvalue weighted by Gasteiger charge is -2.22. The Labute approximate surface area is 137 Å². The predicted octanol–water partition coefficient (Wildman–Crippen LogP) is 2.11. The first-order valence-electron chi connectivity index (χ1n) is 7.25. The largest absolute Gasteiger partial charge is 0.468 e. The van der Waals surface area contributed by atoms with Crippen LogP contribution in [-0.2, 0) is 0 Å². The third-order valence-corrected chi connectivity index (χ3v) is 5.26. The first kappa shape index (κ1) is 14.0. The molecule has 2 bridgehead atoms. The molecule has 5 nitrogen and oxygen atoms in total. The minimum Gasteiger partial charge on any atom is -0.468 e. The van der Waals surface area contributed by atoms with Crippen LogP contribution in [0.1, 0.15) is 11.3 Å².